The SMILES string of the molecule is CCCCN(C(=O)c1sc2cccnc2c1N)C(C)CC. The lowest BCUT2D eigenvalue weighted by molar-refractivity contribution is 0.0691. The van der Waals surface area contributed by atoms with Crippen molar-refractivity contribution in [1.82, 2.24) is 9.88 Å². The van der Waals surface area contributed by atoms with E-state index < -0.39 is 0 Å². The Bertz CT molecular complexity index is 623. The van der Waals surface area contributed by atoms with Crippen LogP contribution in [0.25, 0.3) is 10.2 Å². The molecule has 0 bridgehead atoms. The molecule has 0 saturated heterocycles. The summed E-state index contributed by atoms with van der Waals surface area (Å²) >= 11 is 1.44. The standard InChI is InChI=1S/C16H23N3OS/c1-4-6-10-19(11(3)5-2)16(20)15-13(17)14-12(21-15)8-7-9-18-14/h7-9,11H,4-6,10,17H2,1-3H3. The van der Waals surface area contributed by atoms with Gasteiger partial charge >= 0.3 is 0 Å². The van der Waals surface area contributed by atoms with E-state index in [0.29, 0.717) is 10.6 Å². The van der Waals surface area contributed by atoms with Crippen molar-refractivity contribution in [2.75, 3.05) is 12.3 Å². The molecule has 0 aliphatic rings. The fourth-order valence-corrected chi connectivity index (χ4v) is 3.34. The van der Waals surface area contributed by atoms with Crippen LogP contribution in [0, 0.1) is 0 Å². The Morgan fingerprint density at radius 2 is 2.24 bits per heavy atom. The van der Waals surface area contributed by atoms with Crippen molar-refractivity contribution in [2.24, 2.45) is 0 Å². The average molecular weight is 305 g/mol. The van der Waals surface area contributed by atoms with Gasteiger partial charge in [0.2, 0.25) is 0 Å². The number of fused-ring (bicyclic) bond motifs is 1. The van der Waals surface area contributed by atoms with E-state index in [1.165, 1.54) is 11.3 Å². The summed E-state index contributed by atoms with van der Waals surface area (Å²) in [4.78, 5) is 19.7. The van der Waals surface area contributed by atoms with E-state index in [-0.39, 0.29) is 11.9 Å². The molecule has 2 heterocycles. The van der Waals surface area contributed by atoms with Gasteiger partial charge in [0.1, 0.15) is 10.4 Å². The molecule has 2 aromatic heterocycles. The zero-order chi connectivity index (χ0) is 15.4. The molecule has 0 aromatic carbocycles. The van der Waals surface area contributed by atoms with E-state index in [2.05, 4.69) is 25.8 Å². The number of carbonyl (C=O) groups excluding carboxylic acids is 1. The molecule has 2 N–H and O–H groups in total. The van der Waals surface area contributed by atoms with E-state index >= 15 is 0 Å². The Morgan fingerprint density at radius 3 is 2.86 bits per heavy atom. The number of carbonyl (C=O) groups is 1. The Labute approximate surface area is 130 Å². The number of nitrogens with zero attached hydrogens (tertiary/aromatic N) is 2. The van der Waals surface area contributed by atoms with Gasteiger partial charge in [0.15, 0.2) is 0 Å². The minimum Gasteiger partial charge on any atom is -0.396 e. The van der Waals surface area contributed by atoms with Crippen LogP contribution >= 0.6 is 11.3 Å². The van der Waals surface area contributed by atoms with Crippen LogP contribution in [0.5, 0.6) is 0 Å². The molecule has 0 aliphatic carbocycles. The number of nitrogen functional groups attached to an aromatic ring is 1. The van der Waals surface area contributed by atoms with Crippen LogP contribution in [0.4, 0.5) is 5.69 Å². The zero-order valence-electron chi connectivity index (χ0n) is 12.9. The van der Waals surface area contributed by atoms with Gasteiger partial charge in [-0.1, -0.05) is 20.3 Å². The monoisotopic (exact) mass is 305 g/mol. The summed E-state index contributed by atoms with van der Waals surface area (Å²) in [7, 11) is 0. The molecular formula is C16H23N3OS. The smallest absolute Gasteiger partial charge is 0.266 e. The van der Waals surface area contributed by atoms with Gasteiger partial charge < -0.3 is 10.6 Å². The second-order valence-electron chi connectivity index (χ2n) is 5.30. The minimum absolute atomic E-state index is 0.0401. The number of nitrogens with two attached hydrogens (primary N) is 1. The lowest BCUT2D eigenvalue weighted by atomic mass is 10.2. The fourth-order valence-electron chi connectivity index (χ4n) is 2.31. The van der Waals surface area contributed by atoms with Crippen LogP contribution in [0.15, 0.2) is 18.3 Å². The molecule has 0 saturated carbocycles. The number of pyridine rings is 1. The first-order chi connectivity index (χ1) is 10.1. The van der Waals surface area contributed by atoms with Crippen LogP contribution < -0.4 is 5.73 Å². The van der Waals surface area contributed by atoms with E-state index in [1.54, 1.807) is 6.20 Å². The maximum Gasteiger partial charge on any atom is 0.266 e. The molecule has 0 aliphatic heterocycles. The highest BCUT2D eigenvalue weighted by Crippen LogP contribution is 2.33. The Balaban J connectivity index is 2.35. The summed E-state index contributed by atoms with van der Waals surface area (Å²) in [6, 6.07) is 4.05. The predicted octanol–water partition coefficient (Wildman–Crippen LogP) is 3.92. The Morgan fingerprint density at radius 1 is 1.48 bits per heavy atom. The molecule has 0 spiro atoms. The minimum atomic E-state index is 0.0401. The largest absolute Gasteiger partial charge is 0.396 e. The van der Waals surface area contributed by atoms with Gasteiger partial charge in [-0.25, -0.2) is 0 Å². The molecule has 5 heteroatoms. The number of hydrogen-bond acceptors (Lipinski definition) is 4. The quantitative estimate of drug-likeness (QED) is 0.880. The van der Waals surface area contributed by atoms with Crippen LogP contribution in [0.3, 0.4) is 0 Å². The van der Waals surface area contributed by atoms with Crippen LogP contribution in [0.1, 0.15) is 49.7 Å². The van der Waals surface area contributed by atoms with E-state index in [9.17, 15) is 4.79 Å². The highest BCUT2D eigenvalue weighted by atomic mass is 32.1. The van der Waals surface area contributed by atoms with E-state index in [1.807, 2.05) is 17.0 Å². The summed E-state index contributed by atoms with van der Waals surface area (Å²) < 4.78 is 0.970. The first-order valence-electron chi connectivity index (χ1n) is 7.54. The van der Waals surface area contributed by atoms with E-state index in [0.717, 1.165) is 36.0 Å². The molecule has 114 valence electrons. The third-order valence-electron chi connectivity index (χ3n) is 3.81. The van der Waals surface area contributed by atoms with Gasteiger partial charge in [0.05, 0.1) is 10.4 Å². The van der Waals surface area contributed by atoms with E-state index in [4.69, 9.17) is 5.73 Å². The molecule has 2 aromatic rings. The topological polar surface area (TPSA) is 59.2 Å². The number of thiophene rings is 1. The zero-order valence-corrected chi connectivity index (χ0v) is 13.7. The second kappa shape index (κ2) is 6.89. The number of anilines is 1. The summed E-state index contributed by atoms with van der Waals surface area (Å²) in [6.07, 6.45) is 4.74. The second-order valence-corrected chi connectivity index (χ2v) is 6.36. The van der Waals surface area contributed by atoms with Crippen molar-refractivity contribution >= 4 is 33.1 Å². The predicted molar refractivity (Wildman–Crippen MR) is 89.7 cm³/mol. The lowest BCUT2D eigenvalue weighted by Crippen LogP contribution is -2.38. The number of rotatable bonds is 6. The highest BCUT2D eigenvalue weighted by Gasteiger charge is 2.25. The van der Waals surface area contributed by atoms with Crippen molar-refractivity contribution < 1.29 is 4.79 Å². The number of unbranched alkanes of at least 4 members (excludes halogenated alkanes) is 1. The molecule has 1 amide bonds. The number of amides is 1. The third-order valence-corrected chi connectivity index (χ3v) is 4.96. The summed E-state index contributed by atoms with van der Waals surface area (Å²) in [6.45, 7) is 7.12. The van der Waals surface area contributed by atoms with Crippen molar-refractivity contribution in [1.29, 1.82) is 0 Å². The fraction of sp³-hybridized carbons (Fsp3) is 0.500. The van der Waals surface area contributed by atoms with Gasteiger partial charge in [0.25, 0.3) is 5.91 Å². The number of hydrogen-bond donors (Lipinski definition) is 1. The summed E-state index contributed by atoms with van der Waals surface area (Å²) in [5.41, 5.74) is 7.41. The number of aromatic nitrogens is 1. The van der Waals surface area contributed by atoms with Gasteiger partial charge in [0, 0.05) is 18.8 Å². The van der Waals surface area contributed by atoms with Gasteiger partial charge in [-0.15, -0.1) is 11.3 Å². The molecule has 2 rings (SSSR count). The highest BCUT2D eigenvalue weighted by molar-refractivity contribution is 7.21. The molecule has 4 nitrogen and oxygen atoms in total. The summed E-state index contributed by atoms with van der Waals surface area (Å²) in [5, 5.41) is 0. The third kappa shape index (κ3) is 3.18. The molecule has 0 fully saturated rings. The molecule has 1 atom stereocenters. The Hall–Kier alpha value is -1.62. The Kier molecular flexibility index (Phi) is 5.17. The van der Waals surface area contributed by atoms with Gasteiger partial charge in [-0.3, -0.25) is 9.78 Å². The van der Waals surface area contributed by atoms with Gasteiger partial charge in [-0.05, 0) is 31.9 Å². The molecule has 0 radical (unpaired) electrons. The van der Waals surface area contributed by atoms with Crippen LogP contribution in [-0.4, -0.2) is 28.4 Å². The van der Waals surface area contributed by atoms with Gasteiger partial charge in [-0.2, -0.15) is 0 Å². The normalized spacial score (nSPS) is 12.5. The lowest BCUT2D eigenvalue weighted by Gasteiger charge is -2.28. The average Bonchev–Trinajstić information content (AvgIpc) is 2.84. The molecule has 21 heavy (non-hydrogen) atoms. The maximum absolute atomic E-state index is 12.9. The van der Waals surface area contributed by atoms with Crippen molar-refractivity contribution in [3.8, 4) is 0 Å². The first-order valence-corrected chi connectivity index (χ1v) is 8.35. The molecular weight excluding hydrogens is 282 g/mol. The van der Waals surface area contributed by atoms with Crippen molar-refractivity contribution in [3.63, 3.8) is 0 Å². The molecule has 1 unspecified atom stereocenters. The first kappa shape index (κ1) is 15.8. The van der Waals surface area contributed by atoms with Crippen molar-refractivity contribution in [2.45, 2.75) is 46.1 Å². The van der Waals surface area contributed by atoms with Crippen LogP contribution in [0.2, 0.25) is 0 Å². The van der Waals surface area contributed by atoms with Crippen molar-refractivity contribution in [3.05, 3.63) is 23.2 Å². The maximum atomic E-state index is 12.9. The summed E-state index contributed by atoms with van der Waals surface area (Å²) in [5.74, 6) is 0.0401. The van der Waals surface area contributed by atoms with Crippen LogP contribution in [-0.2, 0) is 0 Å².